The Bertz CT molecular complexity index is 691. The highest BCUT2D eigenvalue weighted by molar-refractivity contribution is 6.09. The topological polar surface area (TPSA) is 38.8 Å². The second kappa shape index (κ2) is 5.93. The molecule has 1 saturated heterocycles. The Hall–Kier alpha value is -2.13. The van der Waals surface area contributed by atoms with Crippen LogP contribution in [0, 0.1) is 20.8 Å². The normalized spacial score (nSPS) is 16.4. The third-order valence-electron chi connectivity index (χ3n) is 3.82. The van der Waals surface area contributed by atoms with Crippen molar-refractivity contribution in [2.75, 3.05) is 13.2 Å². The fraction of sp³-hybridized carbons (Fsp3) is 0.316. The van der Waals surface area contributed by atoms with Gasteiger partial charge in [-0.25, -0.2) is 0 Å². The molecule has 22 heavy (non-hydrogen) atoms. The number of hydrogen-bond acceptors (Lipinski definition) is 3. The van der Waals surface area contributed by atoms with Crippen molar-refractivity contribution in [2.24, 2.45) is 0 Å². The molecule has 2 aromatic carbocycles. The lowest BCUT2D eigenvalue weighted by atomic mass is 9.98. The van der Waals surface area contributed by atoms with Crippen LogP contribution in [0.3, 0.4) is 0 Å². The lowest BCUT2D eigenvalue weighted by Crippen LogP contribution is -2.08. The minimum absolute atomic E-state index is 0.0481. The van der Waals surface area contributed by atoms with Gasteiger partial charge in [-0.15, -0.1) is 0 Å². The molecule has 2 aromatic rings. The zero-order valence-electron chi connectivity index (χ0n) is 13.2. The molecule has 1 aliphatic rings. The Kier molecular flexibility index (Phi) is 3.99. The Balaban J connectivity index is 1.86. The zero-order valence-corrected chi connectivity index (χ0v) is 13.2. The quantitative estimate of drug-likeness (QED) is 0.625. The molecule has 0 amide bonds. The van der Waals surface area contributed by atoms with Crippen molar-refractivity contribution in [2.45, 2.75) is 26.9 Å². The average Bonchev–Trinajstić information content (AvgIpc) is 3.29. The van der Waals surface area contributed by atoms with Gasteiger partial charge in [0.1, 0.15) is 18.5 Å². The number of hydrogen-bond donors (Lipinski definition) is 0. The molecule has 3 heteroatoms. The second-order valence-electron chi connectivity index (χ2n) is 5.90. The summed E-state index contributed by atoms with van der Waals surface area (Å²) in [5.74, 6) is 0.906. The highest BCUT2D eigenvalue weighted by Gasteiger charge is 2.24. The molecule has 1 atom stereocenters. The Labute approximate surface area is 130 Å². The first-order valence-electron chi connectivity index (χ1n) is 7.51. The summed E-state index contributed by atoms with van der Waals surface area (Å²) in [7, 11) is 0. The number of carbonyl (C=O) groups is 1. The maximum Gasteiger partial charge on any atom is 0.193 e. The van der Waals surface area contributed by atoms with E-state index in [1.54, 1.807) is 0 Å². The summed E-state index contributed by atoms with van der Waals surface area (Å²) in [6, 6.07) is 11.5. The largest absolute Gasteiger partial charge is 0.490 e. The first-order valence-corrected chi connectivity index (χ1v) is 7.51. The minimum atomic E-state index is 0.0481. The highest BCUT2D eigenvalue weighted by atomic mass is 16.6. The van der Waals surface area contributed by atoms with Crippen LogP contribution < -0.4 is 4.74 Å². The second-order valence-corrected chi connectivity index (χ2v) is 5.90. The van der Waals surface area contributed by atoms with Gasteiger partial charge in [0.05, 0.1) is 6.61 Å². The van der Waals surface area contributed by atoms with Crippen LogP contribution in [0.25, 0.3) is 0 Å². The van der Waals surface area contributed by atoms with Gasteiger partial charge < -0.3 is 9.47 Å². The van der Waals surface area contributed by atoms with Gasteiger partial charge in [-0.05, 0) is 50.1 Å². The molecule has 0 spiro atoms. The first kappa shape index (κ1) is 14.8. The molecule has 0 aromatic heterocycles. The van der Waals surface area contributed by atoms with Crippen LogP contribution >= 0.6 is 0 Å². The Morgan fingerprint density at radius 2 is 1.82 bits per heavy atom. The van der Waals surface area contributed by atoms with Gasteiger partial charge in [0.15, 0.2) is 5.78 Å². The van der Waals surface area contributed by atoms with Crippen molar-refractivity contribution in [1.29, 1.82) is 0 Å². The molecule has 1 heterocycles. The summed E-state index contributed by atoms with van der Waals surface area (Å²) < 4.78 is 11.0. The van der Waals surface area contributed by atoms with E-state index in [0.717, 1.165) is 34.6 Å². The van der Waals surface area contributed by atoms with Crippen LogP contribution in [0.15, 0.2) is 36.4 Å². The summed E-state index contributed by atoms with van der Waals surface area (Å²) >= 11 is 0. The van der Waals surface area contributed by atoms with E-state index in [1.165, 1.54) is 0 Å². The molecule has 0 N–H and O–H groups in total. The van der Waals surface area contributed by atoms with Crippen molar-refractivity contribution in [3.8, 4) is 5.75 Å². The maximum atomic E-state index is 12.6. The molecule has 0 radical (unpaired) electrons. The Morgan fingerprint density at radius 3 is 2.41 bits per heavy atom. The standard InChI is InChI=1S/C19H20O3/c1-12-5-4-6-15(7-12)18(20)16-8-13(2)19(14(3)9-16)22-11-17-10-21-17/h4-9,17H,10-11H2,1-3H3. The molecule has 3 rings (SSSR count). The third-order valence-corrected chi connectivity index (χ3v) is 3.82. The van der Waals surface area contributed by atoms with Crippen LogP contribution in [0.5, 0.6) is 5.75 Å². The van der Waals surface area contributed by atoms with E-state index in [0.29, 0.717) is 12.2 Å². The maximum absolute atomic E-state index is 12.6. The number of aryl methyl sites for hydroxylation is 3. The molecule has 0 aliphatic carbocycles. The van der Waals surface area contributed by atoms with E-state index in [9.17, 15) is 4.79 Å². The third kappa shape index (κ3) is 3.20. The fourth-order valence-corrected chi connectivity index (χ4v) is 2.60. The van der Waals surface area contributed by atoms with Gasteiger partial charge in [0, 0.05) is 11.1 Å². The van der Waals surface area contributed by atoms with Gasteiger partial charge in [-0.3, -0.25) is 4.79 Å². The molecule has 114 valence electrons. The summed E-state index contributed by atoms with van der Waals surface area (Å²) in [6.45, 7) is 7.30. The van der Waals surface area contributed by atoms with Gasteiger partial charge in [0.25, 0.3) is 0 Å². The molecule has 0 bridgehead atoms. The first-order chi connectivity index (χ1) is 10.5. The van der Waals surface area contributed by atoms with E-state index in [-0.39, 0.29) is 11.9 Å². The van der Waals surface area contributed by atoms with Crippen molar-refractivity contribution < 1.29 is 14.3 Å². The average molecular weight is 296 g/mol. The van der Waals surface area contributed by atoms with Gasteiger partial charge >= 0.3 is 0 Å². The van der Waals surface area contributed by atoms with Crippen molar-refractivity contribution in [3.05, 3.63) is 64.2 Å². The van der Waals surface area contributed by atoms with E-state index in [1.807, 2.05) is 57.2 Å². The number of ketones is 1. The van der Waals surface area contributed by atoms with Gasteiger partial charge in [-0.2, -0.15) is 0 Å². The summed E-state index contributed by atoms with van der Waals surface area (Å²) in [5, 5.41) is 0. The molecule has 0 saturated carbocycles. The zero-order chi connectivity index (χ0) is 15.7. The predicted molar refractivity (Wildman–Crippen MR) is 85.8 cm³/mol. The molecule has 1 fully saturated rings. The van der Waals surface area contributed by atoms with Crippen LogP contribution in [0.1, 0.15) is 32.6 Å². The van der Waals surface area contributed by atoms with E-state index in [4.69, 9.17) is 9.47 Å². The summed E-state index contributed by atoms with van der Waals surface area (Å²) in [4.78, 5) is 12.6. The molecule has 1 aliphatic heterocycles. The highest BCUT2D eigenvalue weighted by Crippen LogP contribution is 2.27. The van der Waals surface area contributed by atoms with E-state index in [2.05, 4.69) is 0 Å². The molecule has 3 nitrogen and oxygen atoms in total. The van der Waals surface area contributed by atoms with Crippen molar-refractivity contribution >= 4 is 5.78 Å². The minimum Gasteiger partial charge on any atom is -0.490 e. The van der Waals surface area contributed by atoms with Crippen LogP contribution in [-0.2, 0) is 4.74 Å². The van der Waals surface area contributed by atoms with E-state index >= 15 is 0 Å². The van der Waals surface area contributed by atoms with Gasteiger partial charge in [-0.1, -0.05) is 23.8 Å². The summed E-state index contributed by atoms with van der Waals surface area (Å²) in [6.07, 6.45) is 0.229. The number of ether oxygens (including phenoxy) is 2. The number of epoxide rings is 1. The monoisotopic (exact) mass is 296 g/mol. The van der Waals surface area contributed by atoms with Crippen LogP contribution in [0.4, 0.5) is 0 Å². The Morgan fingerprint density at radius 1 is 1.14 bits per heavy atom. The van der Waals surface area contributed by atoms with Crippen LogP contribution in [0.2, 0.25) is 0 Å². The van der Waals surface area contributed by atoms with Crippen molar-refractivity contribution in [3.63, 3.8) is 0 Å². The number of benzene rings is 2. The molecular weight excluding hydrogens is 276 g/mol. The number of carbonyl (C=O) groups excluding carboxylic acids is 1. The van der Waals surface area contributed by atoms with Gasteiger partial charge in [0.2, 0.25) is 0 Å². The summed E-state index contributed by atoms with van der Waals surface area (Å²) in [5.41, 5.74) is 4.48. The van der Waals surface area contributed by atoms with E-state index < -0.39 is 0 Å². The smallest absolute Gasteiger partial charge is 0.193 e. The van der Waals surface area contributed by atoms with Crippen LogP contribution in [-0.4, -0.2) is 25.1 Å². The SMILES string of the molecule is Cc1cccc(C(=O)c2cc(C)c(OCC3CO3)c(C)c2)c1. The van der Waals surface area contributed by atoms with Crippen molar-refractivity contribution in [1.82, 2.24) is 0 Å². The lowest BCUT2D eigenvalue weighted by Gasteiger charge is -2.13. The number of rotatable bonds is 5. The fourth-order valence-electron chi connectivity index (χ4n) is 2.60. The lowest BCUT2D eigenvalue weighted by molar-refractivity contribution is 0.103. The predicted octanol–water partition coefficient (Wildman–Crippen LogP) is 3.62. The molecule has 1 unspecified atom stereocenters. The molecular formula is C19H20O3.